The van der Waals surface area contributed by atoms with Gasteiger partial charge in [-0.15, -0.1) is 0 Å². The third-order valence-electron chi connectivity index (χ3n) is 4.88. The lowest BCUT2D eigenvalue weighted by molar-refractivity contribution is 0.282. The van der Waals surface area contributed by atoms with Gasteiger partial charge in [0.25, 0.3) is 0 Å². The van der Waals surface area contributed by atoms with Crippen LogP contribution in [0, 0.1) is 5.92 Å². The highest BCUT2D eigenvalue weighted by atomic mass is 32.2. The van der Waals surface area contributed by atoms with Gasteiger partial charge < -0.3 is 5.32 Å². The van der Waals surface area contributed by atoms with Crippen LogP contribution in [0.25, 0.3) is 10.9 Å². The van der Waals surface area contributed by atoms with Gasteiger partial charge in [0.2, 0.25) is 10.0 Å². The van der Waals surface area contributed by atoms with Gasteiger partial charge in [0.1, 0.15) is 12.1 Å². The second-order valence-electron chi connectivity index (χ2n) is 6.58. The van der Waals surface area contributed by atoms with Crippen molar-refractivity contribution < 1.29 is 8.42 Å². The molecule has 128 valence electrons. The molecule has 1 saturated carbocycles. The Hall–Kier alpha value is -1.80. The van der Waals surface area contributed by atoms with Crippen LogP contribution in [-0.4, -0.2) is 52.6 Å². The molecule has 1 aliphatic carbocycles. The lowest BCUT2D eigenvalue weighted by Gasteiger charge is -2.31. The average Bonchev–Trinajstić information content (AvgIpc) is 3.46. The van der Waals surface area contributed by atoms with Gasteiger partial charge in [-0.1, -0.05) is 0 Å². The van der Waals surface area contributed by atoms with Crippen LogP contribution >= 0.6 is 0 Å². The first-order chi connectivity index (χ1) is 11.6. The van der Waals surface area contributed by atoms with Crippen molar-refractivity contribution in [2.75, 3.05) is 25.0 Å². The van der Waals surface area contributed by atoms with Crippen molar-refractivity contribution in [3.05, 3.63) is 24.8 Å². The van der Waals surface area contributed by atoms with Crippen LogP contribution in [0.15, 0.2) is 24.8 Å². The maximum absolute atomic E-state index is 12.3. The molecule has 2 aromatic heterocycles. The number of sulfonamides is 1. The van der Waals surface area contributed by atoms with E-state index < -0.39 is 10.0 Å². The molecule has 2 fully saturated rings. The summed E-state index contributed by atoms with van der Waals surface area (Å²) in [7, 11) is -3.02. The number of aromatic nitrogens is 3. The fourth-order valence-electron chi connectivity index (χ4n) is 3.23. The van der Waals surface area contributed by atoms with E-state index in [1.807, 2.05) is 6.07 Å². The van der Waals surface area contributed by atoms with Gasteiger partial charge in [-0.3, -0.25) is 4.98 Å². The minimum absolute atomic E-state index is 0.104. The summed E-state index contributed by atoms with van der Waals surface area (Å²) in [5, 5.41) is 4.26. The van der Waals surface area contributed by atoms with E-state index in [2.05, 4.69) is 20.3 Å². The number of nitrogens with one attached hydrogen (secondary N) is 1. The minimum atomic E-state index is -3.02. The van der Waals surface area contributed by atoms with Crippen LogP contribution in [-0.2, 0) is 10.0 Å². The standard InChI is InChI=1S/C16H21N5O2S/c22-24(23,13-1-2-13)21-7-4-12(5-8-21)9-18-16-14-3-6-17-10-15(14)19-11-20-16/h3,6,10-13H,1-2,4-5,7-9H2,(H,18,19,20). The van der Waals surface area contributed by atoms with E-state index in [4.69, 9.17) is 0 Å². The molecule has 1 saturated heterocycles. The number of nitrogens with zero attached hydrogens (tertiary/aromatic N) is 4. The quantitative estimate of drug-likeness (QED) is 0.885. The first-order valence-corrected chi connectivity index (χ1v) is 9.92. The van der Waals surface area contributed by atoms with Gasteiger partial charge in [0, 0.05) is 31.2 Å². The summed E-state index contributed by atoms with van der Waals surface area (Å²) in [4.78, 5) is 12.6. The summed E-state index contributed by atoms with van der Waals surface area (Å²) in [6, 6.07) is 1.91. The van der Waals surface area contributed by atoms with Crippen molar-refractivity contribution in [3.8, 4) is 0 Å². The molecular formula is C16H21N5O2S. The number of hydrogen-bond acceptors (Lipinski definition) is 6. The monoisotopic (exact) mass is 347 g/mol. The maximum atomic E-state index is 12.3. The van der Waals surface area contributed by atoms with Crippen LogP contribution in [0.2, 0.25) is 0 Å². The predicted octanol–water partition coefficient (Wildman–Crippen LogP) is 1.64. The molecule has 0 aromatic carbocycles. The van der Waals surface area contributed by atoms with E-state index in [1.54, 1.807) is 16.7 Å². The molecule has 8 heteroatoms. The topological polar surface area (TPSA) is 88.1 Å². The van der Waals surface area contributed by atoms with Crippen molar-refractivity contribution in [2.45, 2.75) is 30.9 Å². The highest BCUT2D eigenvalue weighted by molar-refractivity contribution is 7.90. The van der Waals surface area contributed by atoms with E-state index in [1.165, 1.54) is 6.33 Å². The second-order valence-corrected chi connectivity index (χ2v) is 8.80. The molecule has 3 heterocycles. The summed E-state index contributed by atoms with van der Waals surface area (Å²) in [5.74, 6) is 1.28. The molecule has 0 radical (unpaired) electrons. The van der Waals surface area contributed by atoms with Crippen LogP contribution in [0.5, 0.6) is 0 Å². The Balaban J connectivity index is 1.36. The highest BCUT2D eigenvalue weighted by Gasteiger charge is 2.41. The zero-order valence-corrected chi connectivity index (χ0v) is 14.2. The molecular weight excluding hydrogens is 326 g/mol. The van der Waals surface area contributed by atoms with Crippen molar-refractivity contribution in [1.29, 1.82) is 0 Å². The molecule has 7 nitrogen and oxygen atoms in total. The molecule has 2 aliphatic rings. The number of fused-ring (bicyclic) bond motifs is 1. The Kier molecular flexibility index (Phi) is 4.09. The Bertz CT molecular complexity index is 824. The van der Waals surface area contributed by atoms with Gasteiger partial charge in [-0.25, -0.2) is 22.7 Å². The Morgan fingerprint density at radius 3 is 2.71 bits per heavy atom. The molecule has 1 aliphatic heterocycles. The molecule has 0 bridgehead atoms. The van der Waals surface area contributed by atoms with E-state index in [-0.39, 0.29) is 5.25 Å². The van der Waals surface area contributed by atoms with E-state index in [0.29, 0.717) is 19.0 Å². The fraction of sp³-hybridized carbons (Fsp3) is 0.562. The van der Waals surface area contributed by atoms with E-state index in [0.717, 1.165) is 48.9 Å². The van der Waals surface area contributed by atoms with Crippen molar-refractivity contribution in [1.82, 2.24) is 19.3 Å². The number of anilines is 1. The summed E-state index contributed by atoms with van der Waals surface area (Å²) in [6.07, 6.45) is 8.45. The van der Waals surface area contributed by atoms with E-state index >= 15 is 0 Å². The lowest BCUT2D eigenvalue weighted by Crippen LogP contribution is -2.41. The Labute approximate surface area is 141 Å². The maximum Gasteiger partial charge on any atom is 0.216 e. The summed E-state index contributed by atoms with van der Waals surface area (Å²) >= 11 is 0. The number of rotatable bonds is 5. The van der Waals surface area contributed by atoms with E-state index in [9.17, 15) is 8.42 Å². The molecule has 0 spiro atoms. The summed E-state index contributed by atoms with van der Waals surface area (Å²) < 4.78 is 26.2. The zero-order chi connectivity index (χ0) is 16.6. The van der Waals surface area contributed by atoms with Gasteiger partial charge in [-0.2, -0.15) is 0 Å². The van der Waals surface area contributed by atoms with Crippen LogP contribution < -0.4 is 5.32 Å². The number of piperidine rings is 1. The molecule has 0 atom stereocenters. The van der Waals surface area contributed by atoms with Crippen LogP contribution in [0.1, 0.15) is 25.7 Å². The van der Waals surface area contributed by atoms with Gasteiger partial charge in [0.05, 0.1) is 17.0 Å². The summed E-state index contributed by atoms with van der Waals surface area (Å²) in [5.41, 5.74) is 0.820. The first-order valence-electron chi connectivity index (χ1n) is 8.42. The summed E-state index contributed by atoms with van der Waals surface area (Å²) in [6.45, 7) is 2.07. The Morgan fingerprint density at radius 2 is 1.96 bits per heavy atom. The number of pyridine rings is 1. The molecule has 0 unspecified atom stereocenters. The molecule has 0 amide bonds. The second kappa shape index (κ2) is 6.25. The normalized spacial score (nSPS) is 20.3. The fourth-order valence-corrected chi connectivity index (χ4v) is 5.11. The van der Waals surface area contributed by atoms with Gasteiger partial charge >= 0.3 is 0 Å². The van der Waals surface area contributed by atoms with Crippen LogP contribution in [0.4, 0.5) is 5.82 Å². The van der Waals surface area contributed by atoms with Crippen molar-refractivity contribution >= 4 is 26.7 Å². The van der Waals surface area contributed by atoms with Gasteiger partial charge in [0.15, 0.2) is 0 Å². The molecule has 24 heavy (non-hydrogen) atoms. The van der Waals surface area contributed by atoms with Crippen molar-refractivity contribution in [3.63, 3.8) is 0 Å². The third-order valence-corrected chi connectivity index (χ3v) is 7.27. The van der Waals surface area contributed by atoms with Gasteiger partial charge in [-0.05, 0) is 37.7 Å². The average molecular weight is 347 g/mol. The highest BCUT2D eigenvalue weighted by Crippen LogP contribution is 2.33. The minimum Gasteiger partial charge on any atom is -0.369 e. The molecule has 2 aromatic rings. The first kappa shape index (κ1) is 15.7. The predicted molar refractivity (Wildman–Crippen MR) is 92.1 cm³/mol. The zero-order valence-electron chi connectivity index (χ0n) is 13.4. The lowest BCUT2D eigenvalue weighted by atomic mass is 9.98. The SMILES string of the molecule is O=S(=O)(C1CC1)N1CCC(CNc2ncnc3cnccc23)CC1. The Morgan fingerprint density at radius 1 is 1.17 bits per heavy atom. The van der Waals surface area contributed by atoms with Crippen molar-refractivity contribution in [2.24, 2.45) is 5.92 Å². The largest absolute Gasteiger partial charge is 0.369 e. The molecule has 1 N–H and O–H groups in total. The third kappa shape index (κ3) is 3.08. The smallest absolute Gasteiger partial charge is 0.216 e. The number of hydrogen-bond donors (Lipinski definition) is 1. The van der Waals surface area contributed by atoms with Crippen LogP contribution in [0.3, 0.4) is 0 Å². The molecule has 4 rings (SSSR count).